The molecule has 1 rings (SSSR count). The summed E-state index contributed by atoms with van der Waals surface area (Å²) in [5.74, 6) is -0.191. The lowest BCUT2D eigenvalue weighted by Crippen LogP contribution is -2.43. The third-order valence-corrected chi connectivity index (χ3v) is 3.31. The average Bonchev–Trinajstić information content (AvgIpc) is 2.55. The molecule has 0 amide bonds. The summed E-state index contributed by atoms with van der Waals surface area (Å²) in [5.41, 5.74) is 0. The van der Waals surface area contributed by atoms with Crippen molar-refractivity contribution in [3.8, 4) is 0 Å². The van der Waals surface area contributed by atoms with Gasteiger partial charge in [-0.3, -0.25) is 14.6 Å². The molecule has 100 valence electrons. The highest BCUT2D eigenvalue weighted by Gasteiger charge is 2.34. The van der Waals surface area contributed by atoms with Gasteiger partial charge < -0.3 is 10.2 Å². The molecule has 0 aromatic carbocycles. The van der Waals surface area contributed by atoms with Gasteiger partial charge in [-0.15, -0.1) is 0 Å². The number of aliphatic carboxylic acids is 1. The number of carboxylic acid groups (broad SMARTS) is 1. The first-order chi connectivity index (χ1) is 7.90. The van der Waals surface area contributed by atoms with E-state index in [4.69, 9.17) is 5.11 Å². The topological polar surface area (TPSA) is 64.0 Å². The number of carbonyl (C=O) groups is 1. The summed E-state index contributed by atoms with van der Waals surface area (Å²) in [6.07, 6.45) is 0.675. The first kappa shape index (κ1) is 14.4. The number of aliphatic hydroxyl groups excluding tert-OH is 1. The van der Waals surface area contributed by atoms with Crippen molar-refractivity contribution in [2.45, 2.75) is 32.4 Å². The van der Waals surface area contributed by atoms with Crippen LogP contribution in [0.1, 0.15) is 20.3 Å². The van der Waals surface area contributed by atoms with E-state index in [1.807, 2.05) is 0 Å². The Hall–Kier alpha value is -0.650. The second kappa shape index (κ2) is 6.33. The van der Waals surface area contributed by atoms with Crippen LogP contribution in [0.3, 0.4) is 0 Å². The van der Waals surface area contributed by atoms with Crippen LogP contribution in [0.2, 0.25) is 0 Å². The van der Waals surface area contributed by atoms with Crippen molar-refractivity contribution in [2.75, 3.05) is 33.2 Å². The number of β-amino-alcohol motifs (C(OH)–C–C–N with tert-alkyl or cyclic N) is 1. The van der Waals surface area contributed by atoms with E-state index >= 15 is 0 Å². The van der Waals surface area contributed by atoms with Gasteiger partial charge in [0.25, 0.3) is 0 Å². The molecule has 2 N–H and O–H groups in total. The maximum Gasteiger partial charge on any atom is 0.317 e. The molecule has 5 nitrogen and oxygen atoms in total. The molecule has 1 fully saturated rings. The van der Waals surface area contributed by atoms with Gasteiger partial charge in [-0.05, 0) is 25.9 Å². The normalized spacial score (nSPS) is 26.0. The minimum atomic E-state index is -0.847. The smallest absolute Gasteiger partial charge is 0.317 e. The molecule has 0 aliphatic carbocycles. The molecule has 0 aromatic heterocycles. The lowest BCUT2D eigenvalue weighted by atomic mass is 10.1. The van der Waals surface area contributed by atoms with Gasteiger partial charge in [0.15, 0.2) is 0 Å². The van der Waals surface area contributed by atoms with Crippen LogP contribution in [0, 0.1) is 5.92 Å². The molecule has 5 heteroatoms. The number of likely N-dealkylation sites (N-methyl/N-ethyl adjacent to an activating group) is 1. The third-order valence-electron chi connectivity index (χ3n) is 3.31. The van der Waals surface area contributed by atoms with Gasteiger partial charge in [-0.2, -0.15) is 0 Å². The molecule has 17 heavy (non-hydrogen) atoms. The fraction of sp³-hybridized carbons (Fsp3) is 0.917. The summed E-state index contributed by atoms with van der Waals surface area (Å²) < 4.78 is 0. The Bertz CT molecular complexity index is 258. The van der Waals surface area contributed by atoms with Gasteiger partial charge in [0.2, 0.25) is 0 Å². The Labute approximate surface area is 103 Å². The van der Waals surface area contributed by atoms with E-state index in [1.165, 1.54) is 0 Å². The number of hydrogen-bond donors (Lipinski definition) is 2. The summed E-state index contributed by atoms with van der Waals surface area (Å²) in [5, 5.41) is 18.7. The van der Waals surface area contributed by atoms with Crippen LogP contribution < -0.4 is 0 Å². The first-order valence-corrected chi connectivity index (χ1v) is 6.22. The molecule has 0 aromatic rings. The summed E-state index contributed by atoms with van der Waals surface area (Å²) in [7, 11) is 1.76. The maximum absolute atomic E-state index is 10.6. The highest BCUT2D eigenvalue weighted by atomic mass is 16.4. The zero-order valence-corrected chi connectivity index (χ0v) is 11.0. The molecule has 0 saturated carbocycles. The molecular formula is C12H24N2O3. The fourth-order valence-corrected chi connectivity index (χ4v) is 2.23. The summed E-state index contributed by atoms with van der Waals surface area (Å²) in [4.78, 5) is 14.6. The molecule has 0 spiro atoms. The maximum atomic E-state index is 10.6. The highest BCUT2D eigenvalue weighted by Crippen LogP contribution is 2.16. The van der Waals surface area contributed by atoms with Gasteiger partial charge >= 0.3 is 5.97 Å². The molecule has 0 unspecified atom stereocenters. The quantitative estimate of drug-likeness (QED) is 0.693. The molecular weight excluding hydrogens is 220 g/mol. The first-order valence-electron chi connectivity index (χ1n) is 6.22. The lowest BCUT2D eigenvalue weighted by molar-refractivity contribution is -0.138. The van der Waals surface area contributed by atoms with Crippen LogP contribution in [0.4, 0.5) is 0 Å². The van der Waals surface area contributed by atoms with Crippen molar-refractivity contribution in [1.82, 2.24) is 9.80 Å². The monoisotopic (exact) mass is 244 g/mol. The van der Waals surface area contributed by atoms with Gasteiger partial charge in [-0.1, -0.05) is 13.8 Å². The van der Waals surface area contributed by atoms with E-state index in [-0.39, 0.29) is 12.6 Å². The van der Waals surface area contributed by atoms with Gasteiger partial charge in [-0.25, -0.2) is 0 Å². The molecule has 0 bridgehead atoms. The summed E-state index contributed by atoms with van der Waals surface area (Å²) >= 11 is 0. The predicted octanol–water partition coefficient (Wildman–Crippen LogP) is 0.0940. The van der Waals surface area contributed by atoms with Gasteiger partial charge in [0.1, 0.15) is 0 Å². The number of carboxylic acids is 1. The van der Waals surface area contributed by atoms with Crippen LogP contribution >= 0.6 is 0 Å². The molecule has 1 aliphatic heterocycles. The molecule has 2 atom stereocenters. The highest BCUT2D eigenvalue weighted by molar-refractivity contribution is 5.69. The molecule has 1 saturated heterocycles. The number of nitrogens with zero attached hydrogens (tertiary/aromatic N) is 2. The number of likely N-dealkylation sites (tertiary alicyclic amines) is 1. The van der Waals surface area contributed by atoms with Crippen molar-refractivity contribution in [3.05, 3.63) is 0 Å². The van der Waals surface area contributed by atoms with E-state index in [2.05, 4.69) is 18.7 Å². The lowest BCUT2D eigenvalue weighted by Gasteiger charge is -2.24. The van der Waals surface area contributed by atoms with Gasteiger partial charge in [0.05, 0.1) is 12.6 Å². The van der Waals surface area contributed by atoms with Crippen molar-refractivity contribution in [1.29, 1.82) is 0 Å². The zero-order valence-electron chi connectivity index (χ0n) is 11.0. The van der Waals surface area contributed by atoms with Crippen LogP contribution in [0.25, 0.3) is 0 Å². The van der Waals surface area contributed by atoms with Crippen molar-refractivity contribution in [3.63, 3.8) is 0 Å². The van der Waals surface area contributed by atoms with Gasteiger partial charge in [0, 0.05) is 19.1 Å². The van der Waals surface area contributed by atoms with E-state index in [1.54, 1.807) is 11.9 Å². The minimum Gasteiger partial charge on any atom is -0.480 e. The van der Waals surface area contributed by atoms with Crippen LogP contribution in [-0.4, -0.2) is 71.4 Å². The Balaban J connectivity index is 2.40. The third kappa shape index (κ3) is 4.61. The zero-order chi connectivity index (χ0) is 13.0. The van der Waals surface area contributed by atoms with E-state index < -0.39 is 12.1 Å². The van der Waals surface area contributed by atoms with E-state index in [0.29, 0.717) is 12.5 Å². The summed E-state index contributed by atoms with van der Waals surface area (Å²) in [6.45, 7) is 6.74. The predicted molar refractivity (Wildman–Crippen MR) is 66.0 cm³/mol. The molecule has 0 radical (unpaired) electrons. The largest absolute Gasteiger partial charge is 0.480 e. The fourth-order valence-electron chi connectivity index (χ4n) is 2.23. The van der Waals surface area contributed by atoms with Crippen molar-refractivity contribution >= 4 is 5.97 Å². The van der Waals surface area contributed by atoms with Crippen molar-refractivity contribution < 1.29 is 15.0 Å². The van der Waals surface area contributed by atoms with Crippen LogP contribution in [0.15, 0.2) is 0 Å². The van der Waals surface area contributed by atoms with Crippen LogP contribution in [-0.2, 0) is 4.79 Å². The Morgan fingerprint density at radius 1 is 1.47 bits per heavy atom. The van der Waals surface area contributed by atoms with Crippen molar-refractivity contribution in [2.24, 2.45) is 5.92 Å². The average molecular weight is 244 g/mol. The minimum absolute atomic E-state index is 0.0141. The number of rotatable bonds is 6. The molecule has 1 heterocycles. The Kier molecular flexibility index (Phi) is 5.36. The second-order valence-corrected chi connectivity index (χ2v) is 5.39. The Morgan fingerprint density at radius 3 is 2.65 bits per heavy atom. The number of aliphatic hydroxyl groups is 1. The molecule has 1 aliphatic rings. The second-order valence-electron chi connectivity index (χ2n) is 5.39. The Morgan fingerprint density at radius 2 is 2.12 bits per heavy atom. The standard InChI is InChI=1S/C12H24N2O3/c1-9(2)4-5-14-6-10(11(15)7-14)13(3)8-12(16)17/h9-11,15H,4-8H2,1-3H3,(H,16,17)/t10-,11-/m1/s1. The summed E-state index contributed by atoms with van der Waals surface area (Å²) in [6, 6.07) is -0.0572. The van der Waals surface area contributed by atoms with E-state index in [0.717, 1.165) is 19.5 Å². The van der Waals surface area contributed by atoms with E-state index in [9.17, 15) is 9.90 Å². The SMILES string of the molecule is CC(C)CCN1C[C@@H](O)[C@H](N(C)CC(=O)O)C1. The number of hydrogen-bond acceptors (Lipinski definition) is 4. The van der Waals surface area contributed by atoms with Crippen LogP contribution in [0.5, 0.6) is 0 Å².